The summed E-state index contributed by atoms with van der Waals surface area (Å²) in [4.78, 5) is 21.1. The van der Waals surface area contributed by atoms with E-state index in [4.69, 9.17) is 0 Å². The van der Waals surface area contributed by atoms with Gasteiger partial charge in [-0.2, -0.15) is 0 Å². The normalized spacial score (nSPS) is 20.0. The van der Waals surface area contributed by atoms with Crippen molar-refractivity contribution in [3.8, 4) is 0 Å². The molecule has 1 saturated heterocycles. The van der Waals surface area contributed by atoms with E-state index in [0.717, 1.165) is 49.1 Å². The number of rotatable bonds is 5. The first-order chi connectivity index (χ1) is 11.7. The van der Waals surface area contributed by atoms with Crippen molar-refractivity contribution in [2.75, 3.05) is 26.2 Å². The van der Waals surface area contributed by atoms with Gasteiger partial charge >= 0.3 is 0 Å². The fourth-order valence-corrected chi connectivity index (χ4v) is 4.06. The van der Waals surface area contributed by atoms with Crippen LogP contribution in [0.3, 0.4) is 0 Å². The van der Waals surface area contributed by atoms with Crippen molar-refractivity contribution in [3.05, 3.63) is 36.0 Å². The standard InChI is InChI=1S/C20H27N3O/c1-2-3-6-11-22-12-13-23(20(15-22)9-10-20)19(24)18-14-16-7-4-5-8-17(16)21-18/h4-5,7-8,14,21H,2-3,6,9-13,15H2,1H3. The topological polar surface area (TPSA) is 39.3 Å². The summed E-state index contributed by atoms with van der Waals surface area (Å²) in [5.74, 6) is 0.178. The van der Waals surface area contributed by atoms with Gasteiger partial charge in [0, 0.05) is 30.5 Å². The highest BCUT2D eigenvalue weighted by atomic mass is 16.2. The van der Waals surface area contributed by atoms with Gasteiger partial charge in [-0.3, -0.25) is 9.69 Å². The summed E-state index contributed by atoms with van der Waals surface area (Å²) in [6, 6.07) is 10.1. The van der Waals surface area contributed by atoms with Crippen LogP contribution in [0.4, 0.5) is 0 Å². The number of hydrogen-bond acceptors (Lipinski definition) is 2. The van der Waals surface area contributed by atoms with Gasteiger partial charge in [-0.25, -0.2) is 0 Å². The lowest BCUT2D eigenvalue weighted by atomic mass is 10.1. The molecular weight excluding hydrogens is 298 g/mol. The zero-order valence-electron chi connectivity index (χ0n) is 14.6. The summed E-state index contributed by atoms with van der Waals surface area (Å²) in [7, 11) is 0. The van der Waals surface area contributed by atoms with Crippen molar-refractivity contribution in [3.63, 3.8) is 0 Å². The summed E-state index contributed by atoms with van der Waals surface area (Å²) in [6.07, 6.45) is 6.17. The number of aromatic nitrogens is 1. The average molecular weight is 325 g/mol. The molecule has 2 heterocycles. The predicted molar refractivity (Wildman–Crippen MR) is 97.3 cm³/mol. The Morgan fingerprint density at radius 1 is 1.21 bits per heavy atom. The van der Waals surface area contributed by atoms with E-state index >= 15 is 0 Å². The number of para-hydroxylation sites is 1. The zero-order valence-corrected chi connectivity index (χ0v) is 14.6. The van der Waals surface area contributed by atoms with Gasteiger partial charge in [-0.15, -0.1) is 0 Å². The van der Waals surface area contributed by atoms with Crippen LogP contribution in [0.25, 0.3) is 10.9 Å². The fraction of sp³-hybridized carbons (Fsp3) is 0.550. The maximum atomic E-state index is 13.1. The van der Waals surface area contributed by atoms with Crippen LogP contribution in [0.5, 0.6) is 0 Å². The van der Waals surface area contributed by atoms with Crippen LogP contribution in [0.15, 0.2) is 30.3 Å². The Balaban J connectivity index is 1.47. The number of amides is 1. The summed E-state index contributed by atoms with van der Waals surface area (Å²) >= 11 is 0. The molecule has 1 aliphatic carbocycles. The van der Waals surface area contributed by atoms with Gasteiger partial charge in [-0.05, 0) is 37.9 Å². The first kappa shape index (κ1) is 15.7. The highest BCUT2D eigenvalue weighted by molar-refractivity contribution is 5.98. The molecule has 1 saturated carbocycles. The largest absolute Gasteiger partial charge is 0.351 e. The summed E-state index contributed by atoms with van der Waals surface area (Å²) < 4.78 is 0. The van der Waals surface area contributed by atoms with Crippen molar-refractivity contribution >= 4 is 16.8 Å². The smallest absolute Gasteiger partial charge is 0.270 e. The van der Waals surface area contributed by atoms with Crippen LogP contribution in [-0.2, 0) is 0 Å². The SMILES string of the molecule is CCCCCN1CCN(C(=O)c2cc3ccccc3[nH]2)C2(CC2)C1. The highest BCUT2D eigenvalue weighted by Gasteiger charge is 2.53. The molecule has 1 aliphatic heterocycles. The quantitative estimate of drug-likeness (QED) is 0.852. The second-order valence-electron chi connectivity index (χ2n) is 7.43. The minimum atomic E-state index is 0.110. The van der Waals surface area contributed by atoms with Gasteiger partial charge in [-0.1, -0.05) is 38.0 Å². The molecule has 0 radical (unpaired) electrons. The predicted octanol–water partition coefficient (Wildman–Crippen LogP) is 3.65. The minimum absolute atomic E-state index is 0.110. The van der Waals surface area contributed by atoms with Crippen LogP contribution in [0.1, 0.15) is 49.5 Å². The fourth-order valence-electron chi connectivity index (χ4n) is 4.06. The Kier molecular flexibility index (Phi) is 4.09. The van der Waals surface area contributed by atoms with Gasteiger partial charge in [0.05, 0.1) is 5.54 Å². The van der Waals surface area contributed by atoms with E-state index in [1.807, 2.05) is 24.3 Å². The second-order valence-corrected chi connectivity index (χ2v) is 7.43. The van der Waals surface area contributed by atoms with E-state index in [2.05, 4.69) is 27.8 Å². The second kappa shape index (κ2) is 6.25. The molecule has 4 heteroatoms. The Bertz CT molecular complexity index is 698. The van der Waals surface area contributed by atoms with E-state index in [1.165, 1.54) is 25.8 Å². The number of unbranched alkanes of at least 4 members (excludes halogenated alkanes) is 2. The molecule has 1 N–H and O–H groups in total. The molecule has 0 bridgehead atoms. The Morgan fingerprint density at radius 3 is 2.79 bits per heavy atom. The molecule has 0 unspecified atom stereocenters. The molecule has 0 atom stereocenters. The molecule has 24 heavy (non-hydrogen) atoms. The van der Waals surface area contributed by atoms with Gasteiger partial charge < -0.3 is 9.88 Å². The van der Waals surface area contributed by atoms with Crippen molar-refractivity contribution in [1.82, 2.24) is 14.8 Å². The monoisotopic (exact) mass is 325 g/mol. The lowest BCUT2D eigenvalue weighted by molar-refractivity contribution is 0.0380. The Morgan fingerprint density at radius 2 is 2.04 bits per heavy atom. The highest BCUT2D eigenvalue weighted by Crippen LogP contribution is 2.45. The molecule has 1 spiro atoms. The lowest BCUT2D eigenvalue weighted by Crippen LogP contribution is -2.57. The van der Waals surface area contributed by atoms with Crippen molar-refractivity contribution < 1.29 is 4.79 Å². The maximum Gasteiger partial charge on any atom is 0.270 e. The van der Waals surface area contributed by atoms with Crippen LogP contribution in [0.2, 0.25) is 0 Å². The third-order valence-electron chi connectivity index (χ3n) is 5.64. The van der Waals surface area contributed by atoms with E-state index in [1.54, 1.807) is 0 Å². The molecule has 4 rings (SSSR count). The van der Waals surface area contributed by atoms with E-state index < -0.39 is 0 Å². The molecule has 2 fully saturated rings. The average Bonchev–Trinajstić information content (AvgIpc) is 3.21. The van der Waals surface area contributed by atoms with E-state index in [-0.39, 0.29) is 11.4 Å². The number of aromatic amines is 1. The lowest BCUT2D eigenvalue weighted by Gasteiger charge is -2.42. The summed E-state index contributed by atoms with van der Waals surface area (Å²) in [5, 5.41) is 1.11. The number of carbonyl (C=O) groups excluding carboxylic acids is 1. The van der Waals surface area contributed by atoms with Crippen molar-refractivity contribution in [2.24, 2.45) is 0 Å². The van der Waals surface area contributed by atoms with Crippen LogP contribution in [-0.4, -0.2) is 52.4 Å². The summed E-state index contributed by atoms with van der Waals surface area (Å²) in [6.45, 7) is 6.36. The van der Waals surface area contributed by atoms with Crippen molar-refractivity contribution in [1.29, 1.82) is 0 Å². The van der Waals surface area contributed by atoms with Gasteiger partial charge in [0.2, 0.25) is 0 Å². The molecule has 2 aliphatic rings. The van der Waals surface area contributed by atoms with E-state index in [9.17, 15) is 4.79 Å². The zero-order chi connectivity index (χ0) is 16.6. The minimum Gasteiger partial charge on any atom is -0.351 e. The molecule has 1 amide bonds. The molecule has 2 aromatic rings. The molecule has 1 aromatic carbocycles. The number of H-pyrrole nitrogens is 1. The van der Waals surface area contributed by atoms with Gasteiger partial charge in [0.25, 0.3) is 5.91 Å². The van der Waals surface area contributed by atoms with Crippen molar-refractivity contribution in [2.45, 2.75) is 44.6 Å². The maximum absolute atomic E-state index is 13.1. The number of hydrogen-bond donors (Lipinski definition) is 1. The first-order valence-corrected chi connectivity index (χ1v) is 9.34. The van der Waals surface area contributed by atoms with Crippen LogP contribution < -0.4 is 0 Å². The Hall–Kier alpha value is -1.81. The number of piperazine rings is 1. The molecule has 128 valence electrons. The number of carbonyl (C=O) groups is 1. The number of benzene rings is 1. The third-order valence-corrected chi connectivity index (χ3v) is 5.64. The van der Waals surface area contributed by atoms with Crippen LogP contribution in [0, 0.1) is 0 Å². The number of fused-ring (bicyclic) bond motifs is 1. The van der Waals surface area contributed by atoms with E-state index in [0.29, 0.717) is 0 Å². The molecular formula is C20H27N3O. The summed E-state index contributed by atoms with van der Waals surface area (Å²) in [5.41, 5.74) is 1.89. The number of nitrogens with zero attached hydrogens (tertiary/aromatic N) is 2. The van der Waals surface area contributed by atoms with Crippen LogP contribution >= 0.6 is 0 Å². The van der Waals surface area contributed by atoms with Gasteiger partial charge in [0.15, 0.2) is 0 Å². The third kappa shape index (κ3) is 2.84. The Labute approximate surface area is 143 Å². The number of nitrogens with one attached hydrogen (secondary N) is 1. The van der Waals surface area contributed by atoms with Gasteiger partial charge in [0.1, 0.15) is 5.69 Å². The molecule has 4 nitrogen and oxygen atoms in total. The first-order valence-electron chi connectivity index (χ1n) is 9.34. The molecule has 1 aromatic heterocycles.